The van der Waals surface area contributed by atoms with Gasteiger partial charge in [-0.05, 0) is 198 Å². The fourth-order valence-electron chi connectivity index (χ4n) is 9.39. The van der Waals surface area contributed by atoms with Crippen molar-refractivity contribution < 1.29 is 0 Å². The lowest BCUT2D eigenvalue weighted by atomic mass is 9.78. The Labute approximate surface area is 383 Å². The summed E-state index contributed by atoms with van der Waals surface area (Å²) in [6, 6.07) is 55.9. The van der Waals surface area contributed by atoms with E-state index in [4.69, 9.17) is 0 Å². The Morgan fingerprint density at radius 3 is 0.938 bits per heavy atom. The molecule has 2 nitrogen and oxygen atoms in total. The maximum atomic E-state index is 2.47. The van der Waals surface area contributed by atoms with E-state index in [-0.39, 0.29) is 21.7 Å². The van der Waals surface area contributed by atoms with E-state index in [1.54, 1.807) is 0 Å². The van der Waals surface area contributed by atoms with Crippen molar-refractivity contribution in [3.63, 3.8) is 0 Å². The van der Waals surface area contributed by atoms with Crippen LogP contribution in [0.15, 0.2) is 146 Å². The van der Waals surface area contributed by atoms with Gasteiger partial charge in [-0.2, -0.15) is 0 Å². The van der Waals surface area contributed by atoms with Crippen molar-refractivity contribution in [2.75, 3.05) is 9.80 Å². The van der Waals surface area contributed by atoms with E-state index in [0.717, 1.165) is 0 Å². The molecule has 0 aromatic heterocycles. The van der Waals surface area contributed by atoms with E-state index in [1.807, 2.05) is 0 Å². The topological polar surface area (TPSA) is 6.48 Å². The molecule has 1 aliphatic carbocycles. The van der Waals surface area contributed by atoms with E-state index in [0.29, 0.717) is 0 Å². The van der Waals surface area contributed by atoms with Crippen LogP contribution >= 0.6 is 0 Å². The van der Waals surface area contributed by atoms with Gasteiger partial charge in [0.15, 0.2) is 0 Å². The number of nitrogens with zero attached hydrogens (tertiary/aromatic N) is 2. The van der Waals surface area contributed by atoms with Crippen LogP contribution in [0, 0.1) is 13.8 Å². The molecule has 0 fully saturated rings. The smallest absolute Gasteiger partial charge is 0.0493 e. The van der Waals surface area contributed by atoms with Crippen LogP contribution in [0.4, 0.5) is 34.1 Å². The summed E-state index contributed by atoms with van der Waals surface area (Å²) in [6.45, 7) is 32.1. The van der Waals surface area contributed by atoms with E-state index in [1.165, 1.54) is 111 Å². The third-order valence-corrected chi connectivity index (χ3v) is 13.6. The molecule has 324 valence electrons. The average Bonchev–Trinajstić information content (AvgIpc) is 3.23. The van der Waals surface area contributed by atoms with Crippen molar-refractivity contribution in [3.05, 3.63) is 179 Å². The highest BCUT2D eigenvalue weighted by molar-refractivity contribution is 6.12. The lowest BCUT2D eigenvalue weighted by molar-refractivity contribution is 0.589. The molecule has 0 aliphatic heterocycles. The standard InChI is InChI=1S/C62H66N2/c1-39-21-25-47(61(9,10)11)37-57(39)63(49-19-15-17-45(35-49)59(3,4)5)51-27-23-41-31-53-55(33-43(41)29-51)54-32-42-24-28-52(30-44(42)34-56(53)54)64(50-20-16-18-46(36-50)60(6,7)8)58-38-48(62(12,13)14)26-22-40(58)2/h15-38H,1-14H3. The molecule has 0 amide bonds. The summed E-state index contributed by atoms with van der Waals surface area (Å²) in [5.74, 6) is 0. The predicted molar refractivity (Wildman–Crippen MR) is 280 cm³/mol. The Morgan fingerprint density at radius 2 is 0.594 bits per heavy atom. The SMILES string of the molecule is Cc1ccc(C(C)(C)C)cc1N(c1cccc(C(C)(C)C)c1)c1ccc2cc3c(cc2c1)-c1cc2ccc(N(c4cccc(C(C)(C)C)c4)c4cc(C(C)(C)C)ccc4C)cc2cc1-3. The summed E-state index contributed by atoms with van der Waals surface area (Å²) < 4.78 is 0. The molecule has 9 rings (SSSR count). The number of hydrogen-bond acceptors (Lipinski definition) is 2. The lowest BCUT2D eigenvalue weighted by Gasteiger charge is -2.31. The van der Waals surface area contributed by atoms with Gasteiger partial charge in [0.05, 0.1) is 0 Å². The second kappa shape index (κ2) is 15.3. The Kier molecular flexibility index (Phi) is 10.3. The summed E-state index contributed by atoms with van der Waals surface area (Å²) in [5.41, 5.74) is 20.4. The fourth-order valence-corrected chi connectivity index (χ4v) is 9.39. The summed E-state index contributed by atoms with van der Waals surface area (Å²) >= 11 is 0. The van der Waals surface area contributed by atoms with Crippen LogP contribution in [0.1, 0.15) is 116 Å². The normalized spacial score (nSPS) is 12.8. The molecular weight excluding hydrogens is 773 g/mol. The van der Waals surface area contributed by atoms with Crippen LogP contribution in [-0.4, -0.2) is 0 Å². The zero-order valence-electron chi connectivity index (χ0n) is 40.8. The number of aryl methyl sites for hydroxylation is 2. The van der Waals surface area contributed by atoms with Crippen LogP contribution < -0.4 is 9.80 Å². The van der Waals surface area contributed by atoms with Crippen LogP contribution in [0.25, 0.3) is 43.8 Å². The van der Waals surface area contributed by atoms with Crippen LogP contribution in [0.2, 0.25) is 0 Å². The minimum Gasteiger partial charge on any atom is -0.310 e. The molecule has 0 unspecified atom stereocenters. The minimum absolute atomic E-state index is 0.0285. The molecule has 0 saturated heterocycles. The number of benzene rings is 8. The summed E-state index contributed by atoms with van der Waals surface area (Å²) in [7, 11) is 0. The zero-order valence-corrected chi connectivity index (χ0v) is 40.8. The molecule has 0 radical (unpaired) electrons. The Balaban J connectivity index is 1.14. The van der Waals surface area contributed by atoms with Gasteiger partial charge in [-0.15, -0.1) is 0 Å². The molecule has 0 spiro atoms. The van der Waals surface area contributed by atoms with E-state index < -0.39 is 0 Å². The Bertz CT molecular complexity index is 2890. The number of fused-ring (bicyclic) bond motifs is 6. The van der Waals surface area contributed by atoms with Crippen LogP contribution in [0.5, 0.6) is 0 Å². The Hall–Kier alpha value is -6.12. The lowest BCUT2D eigenvalue weighted by Crippen LogP contribution is -2.17. The van der Waals surface area contributed by atoms with Crippen molar-refractivity contribution >= 4 is 55.7 Å². The minimum atomic E-state index is 0.0285. The second-order valence-electron chi connectivity index (χ2n) is 22.6. The third-order valence-electron chi connectivity index (χ3n) is 13.6. The first-order valence-electron chi connectivity index (χ1n) is 23.2. The molecule has 8 aromatic carbocycles. The van der Waals surface area contributed by atoms with Gasteiger partial charge >= 0.3 is 0 Å². The maximum absolute atomic E-state index is 2.47. The quantitative estimate of drug-likeness (QED) is 0.165. The first kappa shape index (κ1) is 43.1. The van der Waals surface area contributed by atoms with Gasteiger partial charge < -0.3 is 9.80 Å². The average molecular weight is 839 g/mol. The number of anilines is 6. The molecule has 1 aliphatic rings. The molecule has 0 atom stereocenters. The van der Waals surface area contributed by atoms with E-state index >= 15 is 0 Å². The van der Waals surface area contributed by atoms with Gasteiger partial charge in [0.25, 0.3) is 0 Å². The largest absolute Gasteiger partial charge is 0.310 e. The monoisotopic (exact) mass is 839 g/mol. The van der Waals surface area contributed by atoms with Crippen LogP contribution in [0.3, 0.4) is 0 Å². The third kappa shape index (κ3) is 7.91. The zero-order chi connectivity index (χ0) is 45.7. The number of rotatable bonds is 6. The maximum Gasteiger partial charge on any atom is 0.0493 e. The molecule has 0 saturated carbocycles. The fraction of sp³-hybridized carbons (Fsp3) is 0.290. The number of hydrogen-bond donors (Lipinski definition) is 0. The molecule has 0 N–H and O–H groups in total. The van der Waals surface area contributed by atoms with Gasteiger partial charge in [-0.1, -0.05) is 144 Å². The summed E-state index contributed by atoms with van der Waals surface area (Å²) in [4.78, 5) is 4.95. The van der Waals surface area contributed by atoms with Crippen molar-refractivity contribution in [1.29, 1.82) is 0 Å². The molecular formula is C62H66N2. The van der Waals surface area contributed by atoms with Gasteiger partial charge in [-0.25, -0.2) is 0 Å². The second-order valence-corrected chi connectivity index (χ2v) is 22.6. The molecule has 0 bridgehead atoms. The van der Waals surface area contributed by atoms with Gasteiger partial charge in [0.2, 0.25) is 0 Å². The van der Waals surface area contributed by atoms with E-state index in [2.05, 4.69) is 252 Å². The molecule has 8 aromatic rings. The molecule has 64 heavy (non-hydrogen) atoms. The highest BCUT2D eigenvalue weighted by atomic mass is 15.1. The summed E-state index contributed by atoms with van der Waals surface area (Å²) in [5, 5.41) is 5.01. The highest BCUT2D eigenvalue weighted by Gasteiger charge is 2.27. The van der Waals surface area contributed by atoms with Crippen molar-refractivity contribution in [2.24, 2.45) is 0 Å². The van der Waals surface area contributed by atoms with Crippen molar-refractivity contribution in [1.82, 2.24) is 0 Å². The Morgan fingerprint density at radius 1 is 0.281 bits per heavy atom. The highest BCUT2D eigenvalue weighted by Crippen LogP contribution is 2.52. The molecule has 2 heteroatoms. The van der Waals surface area contributed by atoms with Crippen molar-refractivity contribution in [3.8, 4) is 22.3 Å². The predicted octanol–water partition coefficient (Wildman–Crippen LogP) is 18.4. The van der Waals surface area contributed by atoms with Crippen LogP contribution in [-0.2, 0) is 21.7 Å². The van der Waals surface area contributed by atoms with E-state index in [9.17, 15) is 0 Å². The first-order valence-corrected chi connectivity index (χ1v) is 23.2. The first-order chi connectivity index (χ1) is 30.0. The van der Waals surface area contributed by atoms with Crippen molar-refractivity contribution in [2.45, 2.75) is 119 Å². The van der Waals surface area contributed by atoms with Gasteiger partial charge in [0.1, 0.15) is 0 Å². The summed E-state index contributed by atoms with van der Waals surface area (Å²) in [6.07, 6.45) is 0. The van der Waals surface area contributed by atoms with Gasteiger partial charge in [-0.3, -0.25) is 0 Å². The van der Waals surface area contributed by atoms with Gasteiger partial charge in [0, 0.05) is 34.1 Å². The molecule has 0 heterocycles.